The molecule has 4 atom stereocenters. The van der Waals surface area contributed by atoms with Gasteiger partial charge in [0.25, 0.3) is 0 Å². The van der Waals surface area contributed by atoms with Gasteiger partial charge in [-0.15, -0.1) is 0 Å². The molecule has 0 unspecified atom stereocenters. The summed E-state index contributed by atoms with van der Waals surface area (Å²) < 4.78 is 11.2. The largest absolute Gasteiger partial charge is 0.460 e. The summed E-state index contributed by atoms with van der Waals surface area (Å²) in [6.45, 7) is 13.9. The van der Waals surface area contributed by atoms with Gasteiger partial charge in [-0.05, 0) is 66.0 Å². The quantitative estimate of drug-likeness (QED) is 0.572. The summed E-state index contributed by atoms with van der Waals surface area (Å²) in [6, 6.07) is 7.43. The molecule has 0 aliphatic heterocycles. The molecule has 1 saturated carbocycles. The lowest BCUT2D eigenvalue weighted by Crippen LogP contribution is -2.56. The van der Waals surface area contributed by atoms with Crippen molar-refractivity contribution in [3.8, 4) is 0 Å². The standard InChI is InChI=1S/C25H36O6/c1-9-15-10-12-16(13-11-15)18-19(21(27)30-23(2,3)4)17(26)14-25(8,29)20(18)22(28)31-24(5,6)7/h10-13,18-20,29H,9,14H2,1-8H3/t18-,19-,20+,25-/m1/s1. The average Bonchev–Trinajstić information content (AvgIpc) is 2.56. The first kappa shape index (κ1) is 25.1. The van der Waals surface area contributed by atoms with Crippen LogP contribution in [0.15, 0.2) is 24.3 Å². The number of aryl methyl sites for hydroxylation is 1. The van der Waals surface area contributed by atoms with Gasteiger partial charge in [0, 0.05) is 12.3 Å². The van der Waals surface area contributed by atoms with E-state index < -0.39 is 52.3 Å². The first-order valence-electron chi connectivity index (χ1n) is 10.9. The molecule has 6 heteroatoms. The van der Waals surface area contributed by atoms with Crippen molar-refractivity contribution in [2.45, 2.75) is 91.0 Å². The molecule has 0 aromatic heterocycles. The molecule has 31 heavy (non-hydrogen) atoms. The topological polar surface area (TPSA) is 89.9 Å². The highest BCUT2D eigenvalue weighted by Gasteiger charge is 2.57. The van der Waals surface area contributed by atoms with E-state index in [2.05, 4.69) is 0 Å². The Hall–Kier alpha value is -2.21. The van der Waals surface area contributed by atoms with Crippen molar-refractivity contribution in [2.24, 2.45) is 11.8 Å². The first-order valence-corrected chi connectivity index (χ1v) is 10.9. The number of ketones is 1. The summed E-state index contributed by atoms with van der Waals surface area (Å²) in [5.74, 6) is -4.97. The summed E-state index contributed by atoms with van der Waals surface area (Å²) in [4.78, 5) is 39.5. The molecule has 1 aromatic carbocycles. The minimum Gasteiger partial charge on any atom is -0.460 e. The van der Waals surface area contributed by atoms with Crippen molar-refractivity contribution in [2.75, 3.05) is 0 Å². The van der Waals surface area contributed by atoms with Crippen molar-refractivity contribution in [3.63, 3.8) is 0 Å². The third-order valence-electron chi connectivity index (χ3n) is 5.36. The Balaban J connectivity index is 2.63. The van der Waals surface area contributed by atoms with Crippen molar-refractivity contribution in [3.05, 3.63) is 35.4 Å². The molecule has 1 fully saturated rings. The summed E-state index contributed by atoms with van der Waals surface area (Å²) >= 11 is 0. The lowest BCUT2D eigenvalue weighted by Gasteiger charge is -2.44. The Morgan fingerprint density at radius 2 is 1.48 bits per heavy atom. The zero-order valence-electron chi connectivity index (χ0n) is 19.9. The van der Waals surface area contributed by atoms with E-state index in [4.69, 9.17) is 9.47 Å². The van der Waals surface area contributed by atoms with Gasteiger partial charge in [-0.2, -0.15) is 0 Å². The van der Waals surface area contributed by atoms with E-state index >= 15 is 0 Å². The second kappa shape index (κ2) is 8.73. The Labute approximate surface area is 185 Å². The van der Waals surface area contributed by atoms with E-state index in [9.17, 15) is 19.5 Å². The van der Waals surface area contributed by atoms with Crippen LogP contribution in [0.3, 0.4) is 0 Å². The molecule has 0 radical (unpaired) electrons. The van der Waals surface area contributed by atoms with Crippen LogP contribution in [0.1, 0.15) is 78.9 Å². The van der Waals surface area contributed by atoms with Crippen LogP contribution in [-0.2, 0) is 30.3 Å². The first-order chi connectivity index (χ1) is 14.1. The van der Waals surface area contributed by atoms with E-state index in [0.717, 1.165) is 12.0 Å². The Morgan fingerprint density at radius 1 is 1.00 bits per heavy atom. The molecule has 2 rings (SSSR count). The van der Waals surface area contributed by atoms with Crippen LogP contribution in [0.5, 0.6) is 0 Å². The molecule has 1 N–H and O–H groups in total. The van der Waals surface area contributed by atoms with E-state index in [0.29, 0.717) is 5.56 Å². The lowest BCUT2D eigenvalue weighted by atomic mass is 9.61. The van der Waals surface area contributed by atoms with Crippen LogP contribution in [-0.4, -0.2) is 39.6 Å². The van der Waals surface area contributed by atoms with Crippen LogP contribution in [0.25, 0.3) is 0 Å². The monoisotopic (exact) mass is 432 g/mol. The second-order valence-electron chi connectivity index (χ2n) is 10.6. The van der Waals surface area contributed by atoms with E-state index in [1.165, 1.54) is 6.92 Å². The van der Waals surface area contributed by atoms with Crippen LogP contribution < -0.4 is 0 Å². The van der Waals surface area contributed by atoms with Crippen molar-refractivity contribution in [1.29, 1.82) is 0 Å². The molecule has 0 spiro atoms. The molecule has 0 saturated heterocycles. The fraction of sp³-hybridized carbons (Fsp3) is 0.640. The molecule has 1 aliphatic carbocycles. The average molecular weight is 433 g/mol. The highest BCUT2D eigenvalue weighted by atomic mass is 16.6. The molecular weight excluding hydrogens is 396 g/mol. The molecule has 6 nitrogen and oxygen atoms in total. The number of carbonyl (C=O) groups is 3. The fourth-order valence-electron chi connectivity index (χ4n) is 4.12. The van der Waals surface area contributed by atoms with Crippen LogP contribution in [0, 0.1) is 11.8 Å². The van der Waals surface area contributed by atoms with E-state index in [-0.39, 0.29) is 6.42 Å². The van der Waals surface area contributed by atoms with E-state index in [1.54, 1.807) is 41.5 Å². The maximum Gasteiger partial charge on any atom is 0.317 e. The summed E-state index contributed by atoms with van der Waals surface area (Å²) in [5, 5.41) is 11.2. The predicted octanol–water partition coefficient (Wildman–Crippen LogP) is 3.97. The third-order valence-corrected chi connectivity index (χ3v) is 5.36. The smallest absolute Gasteiger partial charge is 0.317 e. The molecule has 0 heterocycles. The van der Waals surface area contributed by atoms with Gasteiger partial charge >= 0.3 is 11.9 Å². The lowest BCUT2D eigenvalue weighted by molar-refractivity contribution is -0.182. The SMILES string of the molecule is CCc1ccc([C@@H]2[C@H](C(=O)OC(C)(C)C)C(=O)C[C@@](C)(O)[C@@H]2C(=O)OC(C)(C)C)cc1. The zero-order chi connectivity index (χ0) is 23.8. The molecule has 0 amide bonds. The van der Waals surface area contributed by atoms with Crippen molar-refractivity contribution < 1.29 is 29.0 Å². The second-order valence-corrected chi connectivity index (χ2v) is 10.6. The number of benzene rings is 1. The number of aliphatic hydroxyl groups is 1. The zero-order valence-corrected chi connectivity index (χ0v) is 19.9. The summed E-state index contributed by atoms with van der Waals surface area (Å²) in [5.41, 5.74) is -1.54. The van der Waals surface area contributed by atoms with Crippen LogP contribution in [0.4, 0.5) is 0 Å². The predicted molar refractivity (Wildman–Crippen MR) is 117 cm³/mol. The van der Waals surface area contributed by atoms with Gasteiger partial charge in [0.2, 0.25) is 0 Å². The minimum atomic E-state index is -1.66. The Morgan fingerprint density at radius 3 is 1.94 bits per heavy atom. The number of esters is 2. The molecule has 172 valence electrons. The van der Waals surface area contributed by atoms with Gasteiger partial charge in [0.15, 0.2) is 5.78 Å². The molecular formula is C25H36O6. The fourth-order valence-corrected chi connectivity index (χ4v) is 4.12. The van der Waals surface area contributed by atoms with Gasteiger partial charge in [0.1, 0.15) is 17.1 Å². The number of hydrogen-bond acceptors (Lipinski definition) is 6. The number of rotatable bonds is 4. The normalized spacial score (nSPS) is 27.0. The molecule has 1 aliphatic rings. The van der Waals surface area contributed by atoms with Crippen LogP contribution in [0.2, 0.25) is 0 Å². The highest BCUT2D eigenvalue weighted by Crippen LogP contribution is 2.47. The van der Waals surface area contributed by atoms with Crippen molar-refractivity contribution in [1.82, 2.24) is 0 Å². The van der Waals surface area contributed by atoms with Gasteiger partial charge in [-0.1, -0.05) is 31.2 Å². The summed E-state index contributed by atoms with van der Waals surface area (Å²) in [6.07, 6.45) is 0.497. The molecule has 1 aromatic rings. The number of Topliss-reactive ketones (excluding diaryl/α,β-unsaturated/α-hetero) is 1. The third kappa shape index (κ3) is 6.16. The van der Waals surface area contributed by atoms with E-state index in [1.807, 2.05) is 31.2 Å². The minimum absolute atomic E-state index is 0.329. The Bertz CT molecular complexity index is 823. The maximum atomic E-state index is 13.3. The highest BCUT2D eigenvalue weighted by molar-refractivity contribution is 6.03. The summed E-state index contributed by atoms with van der Waals surface area (Å²) in [7, 11) is 0. The van der Waals surface area contributed by atoms with Gasteiger partial charge in [-0.25, -0.2) is 0 Å². The van der Waals surface area contributed by atoms with Crippen LogP contribution >= 0.6 is 0 Å². The van der Waals surface area contributed by atoms with Gasteiger partial charge in [0.05, 0.1) is 11.5 Å². The number of carbonyl (C=O) groups excluding carboxylic acids is 3. The maximum absolute atomic E-state index is 13.3. The van der Waals surface area contributed by atoms with Gasteiger partial charge in [-0.3, -0.25) is 14.4 Å². The van der Waals surface area contributed by atoms with Crippen molar-refractivity contribution >= 4 is 17.7 Å². The number of hydrogen-bond donors (Lipinski definition) is 1. The number of ether oxygens (including phenoxy) is 2. The van der Waals surface area contributed by atoms with Gasteiger partial charge < -0.3 is 14.6 Å². The molecule has 0 bridgehead atoms. The Kier molecular flexibility index (Phi) is 7.06.